The van der Waals surface area contributed by atoms with Gasteiger partial charge in [-0.3, -0.25) is 0 Å². The van der Waals surface area contributed by atoms with E-state index in [0.29, 0.717) is 6.61 Å². The molecule has 1 amide bonds. The van der Waals surface area contributed by atoms with Gasteiger partial charge < -0.3 is 4.74 Å². The van der Waals surface area contributed by atoms with Crippen LogP contribution in [0.3, 0.4) is 0 Å². The Bertz CT molecular complexity index is 117. The molecule has 1 radical (unpaired) electrons. The van der Waals surface area contributed by atoms with Crippen molar-refractivity contribution >= 4 is 17.9 Å². The molecule has 0 aromatic heterocycles. The molecule has 0 aromatic rings. The summed E-state index contributed by atoms with van der Waals surface area (Å²) in [6, 6.07) is 0.0177. The molecule has 0 bridgehead atoms. The first-order chi connectivity index (χ1) is 3.72. The van der Waals surface area contributed by atoms with Crippen LogP contribution in [0.1, 0.15) is 6.92 Å². The third-order valence-electron chi connectivity index (χ3n) is 1.01. The van der Waals surface area contributed by atoms with Crippen molar-refractivity contribution in [2.45, 2.75) is 13.0 Å². The van der Waals surface area contributed by atoms with Crippen LogP contribution < -0.4 is 4.42 Å². The van der Waals surface area contributed by atoms with Gasteiger partial charge in [0.25, 0.3) is 0 Å². The minimum absolute atomic E-state index is 0.0177. The van der Waals surface area contributed by atoms with Crippen LogP contribution in [-0.4, -0.2) is 18.7 Å². The lowest BCUT2D eigenvalue weighted by molar-refractivity contribution is 0.175. The minimum Gasteiger partial charge on any atom is -0.408 e. The van der Waals surface area contributed by atoms with E-state index in [1.54, 1.807) is 0 Å². The quantitative estimate of drug-likeness (QED) is 0.461. The molecule has 0 aliphatic carbocycles. The van der Waals surface area contributed by atoms with Crippen molar-refractivity contribution in [1.29, 1.82) is 0 Å². The van der Waals surface area contributed by atoms with Crippen LogP contribution in [0.2, 0.25) is 0 Å². The highest BCUT2D eigenvalue weighted by Crippen LogP contribution is 2.09. The zero-order valence-electron chi connectivity index (χ0n) is 4.43. The van der Waals surface area contributed by atoms with Crippen molar-refractivity contribution in [3.63, 3.8) is 0 Å². The molecule has 3 nitrogen and oxygen atoms in total. The molecule has 1 atom stereocenters. The molecular weight excluding hydrogens is 130 g/mol. The van der Waals surface area contributed by atoms with Crippen LogP contribution in [0.5, 0.6) is 0 Å². The number of nitrogens with zero attached hydrogens (tertiary/aromatic N) is 1. The molecule has 0 saturated carbocycles. The van der Waals surface area contributed by atoms with Crippen molar-refractivity contribution in [1.82, 2.24) is 4.42 Å². The molecular formula is C4H6ClNO2+. The summed E-state index contributed by atoms with van der Waals surface area (Å²) in [4.78, 5) is 10.4. The topological polar surface area (TPSA) is 32.2 Å². The largest absolute Gasteiger partial charge is 0.588 e. The number of amides is 1. The van der Waals surface area contributed by atoms with Gasteiger partial charge in [0, 0.05) is 0 Å². The molecule has 1 fully saturated rings. The first-order valence-corrected chi connectivity index (χ1v) is 2.67. The summed E-state index contributed by atoms with van der Waals surface area (Å²) in [7, 11) is 0. The summed E-state index contributed by atoms with van der Waals surface area (Å²) in [5, 5.41) is 0. The van der Waals surface area contributed by atoms with Gasteiger partial charge in [-0.2, -0.15) is 4.79 Å². The predicted octanol–water partition coefficient (Wildman–Crippen LogP) is 0.819. The summed E-state index contributed by atoms with van der Waals surface area (Å²) in [5.74, 6) is 0. The molecule has 45 valence electrons. The summed E-state index contributed by atoms with van der Waals surface area (Å²) in [6.45, 7) is 2.22. The van der Waals surface area contributed by atoms with Crippen molar-refractivity contribution in [3.8, 4) is 0 Å². The van der Waals surface area contributed by atoms with Crippen LogP contribution in [-0.2, 0) is 4.74 Å². The Balaban J connectivity index is 2.56. The van der Waals surface area contributed by atoms with Crippen molar-refractivity contribution < 1.29 is 9.53 Å². The van der Waals surface area contributed by atoms with E-state index in [2.05, 4.69) is 4.74 Å². The zero-order valence-corrected chi connectivity index (χ0v) is 5.18. The van der Waals surface area contributed by atoms with Gasteiger partial charge in [0.05, 0.1) is 4.42 Å². The fraction of sp³-hybridized carbons (Fsp3) is 0.750. The third kappa shape index (κ3) is 0.788. The second kappa shape index (κ2) is 1.91. The first kappa shape index (κ1) is 5.85. The molecule has 0 N–H and O–H groups in total. The second-order valence-electron chi connectivity index (χ2n) is 1.74. The van der Waals surface area contributed by atoms with E-state index in [0.717, 1.165) is 4.42 Å². The summed E-state index contributed by atoms with van der Waals surface area (Å²) in [5.41, 5.74) is 0. The van der Waals surface area contributed by atoms with Crippen molar-refractivity contribution in [2.75, 3.05) is 6.61 Å². The van der Waals surface area contributed by atoms with E-state index in [-0.39, 0.29) is 6.04 Å². The number of rotatable bonds is 0. The summed E-state index contributed by atoms with van der Waals surface area (Å²) < 4.78 is 5.59. The standard InChI is InChI=1S/C4H6ClNO2/c1-3-2-8-4(7)6(3)5/h3H,2H2,1H3/q+1. The number of cyclic esters (lactones) is 1. The van der Waals surface area contributed by atoms with Crippen LogP contribution >= 0.6 is 11.8 Å². The molecule has 8 heavy (non-hydrogen) atoms. The van der Waals surface area contributed by atoms with Crippen LogP contribution in [0.4, 0.5) is 4.79 Å². The maximum absolute atomic E-state index is 10.4. The van der Waals surface area contributed by atoms with Gasteiger partial charge in [-0.1, -0.05) is 0 Å². The molecule has 0 spiro atoms. The monoisotopic (exact) mass is 135 g/mol. The molecule has 0 aromatic carbocycles. The molecule has 1 aliphatic heterocycles. The van der Waals surface area contributed by atoms with Gasteiger partial charge in [0.2, 0.25) is 11.8 Å². The SMILES string of the molecule is CC1COC(=O)[N+]1Cl. The first-order valence-electron chi connectivity index (χ1n) is 2.33. The molecule has 1 rings (SSSR count). The van der Waals surface area contributed by atoms with Gasteiger partial charge in [0.1, 0.15) is 0 Å². The zero-order chi connectivity index (χ0) is 6.15. The second-order valence-corrected chi connectivity index (χ2v) is 2.10. The molecule has 1 saturated heterocycles. The van der Waals surface area contributed by atoms with Gasteiger partial charge in [0.15, 0.2) is 12.6 Å². The average Bonchev–Trinajstić information content (AvgIpc) is 1.98. The smallest absolute Gasteiger partial charge is 0.408 e. The summed E-state index contributed by atoms with van der Waals surface area (Å²) in [6.07, 6.45) is -0.445. The Hall–Kier alpha value is -0.280. The van der Waals surface area contributed by atoms with E-state index in [4.69, 9.17) is 11.8 Å². The average molecular weight is 136 g/mol. The number of ether oxygens (including phenoxy) is 1. The Labute approximate surface area is 52.3 Å². The highest BCUT2D eigenvalue weighted by Gasteiger charge is 2.42. The lowest BCUT2D eigenvalue weighted by Crippen LogP contribution is -2.26. The highest BCUT2D eigenvalue weighted by atomic mass is 35.5. The maximum Gasteiger partial charge on any atom is 0.588 e. The Morgan fingerprint density at radius 3 is 2.75 bits per heavy atom. The molecule has 1 heterocycles. The van der Waals surface area contributed by atoms with Gasteiger partial charge in [-0.05, 0) is 6.92 Å². The minimum atomic E-state index is -0.445. The maximum atomic E-state index is 10.4. The lowest BCUT2D eigenvalue weighted by atomic mass is 10.4. The molecule has 1 aliphatic rings. The fourth-order valence-electron chi connectivity index (χ4n) is 0.499. The normalized spacial score (nSPS) is 30.8. The number of hydrogen-bond acceptors (Lipinski definition) is 2. The van der Waals surface area contributed by atoms with Gasteiger partial charge in [-0.15, -0.1) is 0 Å². The van der Waals surface area contributed by atoms with E-state index >= 15 is 0 Å². The van der Waals surface area contributed by atoms with E-state index in [1.807, 2.05) is 6.92 Å². The Kier molecular flexibility index (Phi) is 1.40. The van der Waals surface area contributed by atoms with Crippen molar-refractivity contribution in [2.24, 2.45) is 0 Å². The van der Waals surface area contributed by atoms with E-state index < -0.39 is 6.09 Å². The molecule has 4 heteroatoms. The Morgan fingerprint density at radius 1 is 2.00 bits per heavy atom. The van der Waals surface area contributed by atoms with Crippen molar-refractivity contribution in [3.05, 3.63) is 0 Å². The highest BCUT2D eigenvalue weighted by molar-refractivity contribution is 6.23. The number of hydrogen-bond donors (Lipinski definition) is 0. The Morgan fingerprint density at radius 2 is 2.62 bits per heavy atom. The van der Waals surface area contributed by atoms with Gasteiger partial charge >= 0.3 is 6.09 Å². The number of halogens is 1. The lowest BCUT2D eigenvalue weighted by Gasteiger charge is -1.86. The molecule has 1 unspecified atom stereocenters. The number of carbonyl (C=O) groups excluding carboxylic acids is 1. The van der Waals surface area contributed by atoms with Crippen LogP contribution in [0, 0.1) is 0 Å². The van der Waals surface area contributed by atoms with E-state index in [1.165, 1.54) is 0 Å². The summed E-state index contributed by atoms with van der Waals surface area (Å²) >= 11 is 5.37. The van der Waals surface area contributed by atoms with Crippen LogP contribution in [0.15, 0.2) is 0 Å². The van der Waals surface area contributed by atoms with Gasteiger partial charge in [-0.25, -0.2) is 0 Å². The third-order valence-corrected chi connectivity index (χ3v) is 1.48. The number of carbonyl (C=O) groups is 1. The predicted molar refractivity (Wildman–Crippen MR) is 28.8 cm³/mol. The van der Waals surface area contributed by atoms with E-state index in [9.17, 15) is 4.79 Å². The van der Waals surface area contributed by atoms with Crippen LogP contribution in [0.25, 0.3) is 0 Å². The fourth-order valence-corrected chi connectivity index (χ4v) is 0.604.